The molecule has 0 aliphatic heterocycles. The Morgan fingerprint density at radius 3 is 2.87 bits per heavy atom. The largest absolute Gasteiger partial charge is 0.351 e. The van der Waals surface area contributed by atoms with E-state index in [1.807, 2.05) is 18.7 Å². The topological polar surface area (TPSA) is 55.1 Å². The summed E-state index contributed by atoms with van der Waals surface area (Å²) in [7, 11) is 0. The van der Waals surface area contributed by atoms with Crippen molar-refractivity contribution in [2.75, 3.05) is 5.75 Å². The molecule has 0 saturated heterocycles. The average molecular weight is 230 g/mol. The summed E-state index contributed by atoms with van der Waals surface area (Å²) < 4.78 is 0. The van der Waals surface area contributed by atoms with Gasteiger partial charge in [0.2, 0.25) is 5.91 Å². The molecule has 4 heteroatoms. The van der Waals surface area contributed by atoms with Crippen LogP contribution in [0.1, 0.15) is 39.5 Å². The number of nitrogens with one attached hydrogen (secondary N) is 1. The highest BCUT2D eigenvalue weighted by Gasteiger charge is 2.29. The van der Waals surface area contributed by atoms with Gasteiger partial charge in [0.05, 0.1) is 6.04 Å². The third-order valence-corrected chi connectivity index (χ3v) is 4.26. The molecule has 15 heavy (non-hydrogen) atoms. The van der Waals surface area contributed by atoms with Crippen LogP contribution in [0.5, 0.6) is 0 Å². The first-order valence-corrected chi connectivity index (χ1v) is 6.91. The first-order valence-electron chi connectivity index (χ1n) is 5.86. The second-order valence-electron chi connectivity index (χ2n) is 4.05. The van der Waals surface area contributed by atoms with E-state index in [2.05, 4.69) is 12.2 Å². The maximum atomic E-state index is 11.6. The van der Waals surface area contributed by atoms with Gasteiger partial charge in [-0.15, -0.1) is 0 Å². The van der Waals surface area contributed by atoms with Gasteiger partial charge in [-0.25, -0.2) is 0 Å². The Morgan fingerprint density at radius 1 is 1.53 bits per heavy atom. The lowest BCUT2D eigenvalue weighted by Gasteiger charge is -2.21. The minimum atomic E-state index is -0.335. The lowest BCUT2D eigenvalue weighted by Crippen LogP contribution is -2.47. The second kappa shape index (κ2) is 6.38. The van der Waals surface area contributed by atoms with Crippen molar-refractivity contribution < 1.29 is 4.79 Å². The van der Waals surface area contributed by atoms with Gasteiger partial charge in [-0.3, -0.25) is 4.79 Å². The molecule has 0 bridgehead atoms. The van der Waals surface area contributed by atoms with E-state index in [1.54, 1.807) is 0 Å². The summed E-state index contributed by atoms with van der Waals surface area (Å²) in [4.78, 5) is 11.6. The van der Waals surface area contributed by atoms with E-state index in [1.165, 1.54) is 12.8 Å². The van der Waals surface area contributed by atoms with E-state index in [4.69, 9.17) is 5.73 Å². The molecule has 0 aromatic heterocycles. The van der Waals surface area contributed by atoms with Crippen molar-refractivity contribution in [2.45, 2.75) is 56.9 Å². The fourth-order valence-electron chi connectivity index (χ4n) is 1.98. The van der Waals surface area contributed by atoms with E-state index in [0.29, 0.717) is 17.7 Å². The fourth-order valence-corrected chi connectivity index (χ4v) is 3.18. The van der Waals surface area contributed by atoms with Gasteiger partial charge in [-0.1, -0.05) is 20.3 Å². The zero-order valence-corrected chi connectivity index (χ0v) is 10.5. The summed E-state index contributed by atoms with van der Waals surface area (Å²) in [6, 6.07) is 0.0120. The highest BCUT2D eigenvalue weighted by Crippen LogP contribution is 2.29. The van der Waals surface area contributed by atoms with Crippen LogP contribution in [0, 0.1) is 0 Å². The van der Waals surface area contributed by atoms with Crippen LogP contribution in [0.2, 0.25) is 0 Å². The molecule has 1 aliphatic carbocycles. The monoisotopic (exact) mass is 230 g/mol. The molecule has 0 heterocycles. The molecule has 1 saturated carbocycles. The van der Waals surface area contributed by atoms with Crippen LogP contribution in [0.15, 0.2) is 0 Å². The lowest BCUT2D eigenvalue weighted by atomic mass is 10.2. The number of carbonyl (C=O) groups is 1. The van der Waals surface area contributed by atoms with Gasteiger partial charge in [-0.05, 0) is 25.0 Å². The molecule has 1 fully saturated rings. The number of amides is 1. The van der Waals surface area contributed by atoms with Gasteiger partial charge in [-0.2, -0.15) is 11.8 Å². The summed E-state index contributed by atoms with van der Waals surface area (Å²) in [5.41, 5.74) is 5.70. The molecule has 0 aromatic carbocycles. The number of carbonyl (C=O) groups excluding carboxylic acids is 1. The standard InChI is InChI=1S/C11H22N2OS/c1-3-8(12)11(14)13-9-6-5-7-10(9)15-4-2/h8-10H,3-7,12H2,1-2H3,(H,13,14)/t8-,9?,10?/m0/s1. The SMILES string of the molecule is CCSC1CCCC1NC(=O)[C@@H](N)CC. The Labute approximate surface area is 96.6 Å². The van der Waals surface area contributed by atoms with Crippen LogP contribution in [-0.4, -0.2) is 29.0 Å². The van der Waals surface area contributed by atoms with E-state index in [9.17, 15) is 4.79 Å². The third kappa shape index (κ3) is 3.68. The minimum Gasteiger partial charge on any atom is -0.351 e. The van der Waals surface area contributed by atoms with Crippen molar-refractivity contribution in [2.24, 2.45) is 5.73 Å². The zero-order valence-electron chi connectivity index (χ0n) is 9.66. The van der Waals surface area contributed by atoms with Crippen molar-refractivity contribution >= 4 is 17.7 Å². The maximum absolute atomic E-state index is 11.6. The smallest absolute Gasteiger partial charge is 0.237 e. The van der Waals surface area contributed by atoms with Crippen LogP contribution < -0.4 is 11.1 Å². The normalized spacial score (nSPS) is 27.7. The Balaban J connectivity index is 2.39. The molecule has 1 rings (SSSR count). The fraction of sp³-hybridized carbons (Fsp3) is 0.909. The summed E-state index contributed by atoms with van der Waals surface area (Å²) in [6.45, 7) is 4.11. The van der Waals surface area contributed by atoms with Gasteiger partial charge < -0.3 is 11.1 Å². The molecule has 3 N–H and O–H groups in total. The number of thioether (sulfide) groups is 1. The lowest BCUT2D eigenvalue weighted by molar-refractivity contribution is -0.123. The first-order chi connectivity index (χ1) is 7.19. The van der Waals surface area contributed by atoms with Crippen LogP contribution >= 0.6 is 11.8 Å². The molecule has 0 spiro atoms. The molecular formula is C11H22N2OS. The van der Waals surface area contributed by atoms with Crippen LogP contribution in [-0.2, 0) is 4.79 Å². The van der Waals surface area contributed by atoms with Crippen molar-refractivity contribution in [3.63, 3.8) is 0 Å². The zero-order chi connectivity index (χ0) is 11.3. The number of nitrogens with two attached hydrogens (primary N) is 1. The van der Waals surface area contributed by atoms with Crippen molar-refractivity contribution in [1.29, 1.82) is 0 Å². The second-order valence-corrected chi connectivity index (χ2v) is 5.57. The number of rotatable bonds is 5. The van der Waals surface area contributed by atoms with Crippen molar-refractivity contribution in [3.8, 4) is 0 Å². The van der Waals surface area contributed by atoms with Gasteiger partial charge in [0.15, 0.2) is 0 Å². The summed E-state index contributed by atoms with van der Waals surface area (Å²) in [5.74, 6) is 1.14. The molecule has 2 unspecified atom stereocenters. The van der Waals surface area contributed by atoms with Crippen molar-refractivity contribution in [3.05, 3.63) is 0 Å². The molecule has 3 atom stereocenters. The van der Waals surface area contributed by atoms with Crippen LogP contribution in [0.3, 0.4) is 0 Å². The van der Waals surface area contributed by atoms with E-state index >= 15 is 0 Å². The summed E-state index contributed by atoms with van der Waals surface area (Å²) in [5, 5.41) is 3.68. The Morgan fingerprint density at radius 2 is 2.27 bits per heavy atom. The van der Waals surface area contributed by atoms with Gasteiger partial charge in [0.25, 0.3) is 0 Å². The molecule has 1 amide bonds. The van der Waals surface area contributed by atoms with Crippen molar-refractivity contribution in [1.82, 2.24) is 5.32 Å². The predicted octanol–water partition coefficient (Wildman–Crippen LogP) is 1.51. The predicted molar refractivity (Wildman–Crippen MR) is 66.0 cm³/mol. The van der Waals surface area contributed by atoms with E-state index < -0.39 is 0 Å². The molecule has 1 aliphatic rings. The highest BCUT2D eigenvalue weighted by molar-refractivity contribution is 7.99. The minimum absolute atomic E-state index is 0.0195. The summed E-state index contributed by atoms with van der Waals surface area (Å²) in [6.07, 6.45) is 4.28. The molecular weight excluding hydrogens is 208 g/mol. The Bertz CT molecular complexity index is 211. The molecule has 0 aromatic rings. The van der Waals surface area contributed by atoms with E-state index in [-0.39, 0.29) is 11.9 Å². The van der Waals surface area contributed by atoms with Gasteiger partial charge >= 0.3 is 0 Å². The molecule has 0 radical (unpaired) electrons. The van der Waals surface area contributed by atoms with Gasteiger partial charge in [0, 0.05) is 11.3 Å². The van der Waals surface area contributed by atoms with E-state index in [0.717, 1.165) is 12.2 Å². The molecule has 3 nitrogen and oxygen atoms in total. The third-order valence-electron chi connectivity index (χ3n) is 2.94. The van der Waals surface area contributed by atoms with Crippen LogP contribution in [0.4, 0.5) is 0 Å². The Hall–Kier alpha value is -0.220. The average Bonchev–Trinajstić information content (AvgIpc) is 2.65. The van der Waals surface area contributed by atoms with Crippen LogP contribution in [0.25, 0.3) is 0 Å². The number of hydrogen-bond donors (Lipinski definition) is 2. The first kappa shape index (κ1) is 12.8. The maximum Gasteiger partial charge on any atom is 0.237 e. The highest BCUT2D eigenvalue weighted by atomic mass is 32.2. The number of hydrogen-bond acceptors (Lipinski definition) is 3. The quantitative estimate of drug-likeness (QED) is 0.753. The Kier molecular flexibility index (Phi) is 5.47. The summed E-state index contributed by atoms with van der Waals surface area (Å²) >= 11 is 1.95. The molecule has 88 valence electrons. The van der Waals surface area contributed by atoms with Gasteiger partial charge in [0.1, 0.15) is 0 Å².